The number of likely N-dealkylation sites (N-methyl/N-ethyl adjacent to an activating group) is 1. The first-order chi connectivity index (χ1) is 22.8. The Hall–Kier alpha value is -4.71. The molecule has 3 N–H and O–H groups in total. The van der Waals surface area contributed by atoms with Gasteiger partial charge in [0, 0.05) is 49.6 Å². The van der Waals surface area contributed by atoms with Crippen molar-refractivity contribution in [2.75, 3.05) is 58.7 Å². The van der Waals surface area contributed by atoms with Gasteiger partial charge in [-0.25, -0.2) is 4.68 Å². The molecule has 1 atom stereocenters. The van der Waals surface area contributed by atoms with Gasteiger partial charge in [0.25, 0.3) is 5.91 Å². The molecule has 2 aliphatic rings. The van der Waals surface area contributed by atoms with Gasteiger partial charge in [-0.15, -0.1) is 5.10 Å². The van der Waals surface area contributed by atoms with E-state index in [-0.39, 0.29) is 37.5 Å². The average molecular weight is 654 g/mol. The van der Waals surface area contributed by atoms with Gasteiger partial charge < -0.3 is 34.4 Å². The quantitative estimate of drug-likeness (QED) is 0.0894. The molecule has 5 rings (SSSR count). The molecular weight excluding hydrogens is 614 g/mol. The minimum atomic E-state index is -0.676. The van der Waals surface area contributed by atoms with Crippen LogP contribution in [-0.4, -0.2) is 123 Å². The number of nitrogens with zero attached hydrogens (tertiary/aromatic N) is 7. The molecule has 3 aromatic rings. The maximum atomic E-state index is 13.1. The zero-order chi connectivity index (χ0) is 33.2. The van der Waals surface area contributed by atoms with Crippen molar-refractivity contribution in [3.8, 4) is 0 Å². The summed E-state index contributed by atoms with van der Waals surface area (Å²) in [5, 5.41) is 26.6. The van der Waals surface area contributed by atoms with Crippen molar-refractivity contribution in [2.24, 2.45) is 0 Å². The van der Waals surface area contributed by atoms with Crippen LogP contribution in [0.5, 0.6) is 0 Å². The fourth-order valence-electron chi connectivity index (χ4n) is 5.26. The van der Waals surface area contributed by atoms with E-state index < -0.39 is 11.9 Å². The number of carbonyl (C=O) groups excluding carboxylic acids is 4. The number of ether oxygens (including phenoxy) is 3. The number of aromatic nitrogens is 5. The molecule has 4 heterocycles. The normalized spacial score (nSPS) is 16.0. The van der Waals surface area contributed by atoms with Crippen molar-refractivity contribution < 1.29 is 38.5 Å². The van der Waals surface area contributed by atoms with Crippen LogP contribution in [0.2, 0.25) is 0 Å². The standard InChI is InChI=1S/C30H39N9O8/c1-36(15-21-13-32-38(16-21)19-24-18-37(35-34-24)6-7-45-8-9-46-10-11-47-20-40)28(42)14-31-23-3-2-22-17-39(30(44)25(22)12-23)26-4-5-27(41)33-29(26)43/h2-3,12-13,16,18,26,31,40H,4-11,14-15,17,19-20H2,1H3,(H,33,41,43). The molecule has 4 amide bonds. The molecule has 0 bridgehead atoms. The Bertz CT molecular complexity index is 1560. The largest absolute Gasteiger partial charge is 0.377 e. The summed E-state index contributed by atoms with van der Waals surface area (Å²) in [7, 11) is 1.71. The Morgan fingerprint density at radius 1 is 1.09 bits per heavy atom. The first-order valence-electron chi connectivity index (χ1n) is 15.3. The van der Waals surface area contributed by atoms with Crippen molar-refractivity contribution >= 4 is 29.3 Å². The van der Waals surface area contributed by atoms with E-state index in [4.69, 9.17) is 19.3 Å². The summed E-state index contributed by atoms with van der Waals surface area (Å²) in [5.74, 6) is -1.20. The highest BCUT2D eigenvalue weighted by Crippen LogP contribution is 2.29. The number of benzene rings is 1. The number of hydrogen-bond acceptors (Lipinski definition) is 12. The van der Waals surface area contributed by atoms with E-state index in [9.17, 15) is 19.2 Å². The zero-order valence-corrected chi connectivity index (χ0v) is 26.2. The molecule has 2 aliphatic heterocycles. The lowest BCUT2D eigenvalue weighted by Crippen LogP contribution is -2.52. The second kappa shape index (κ2) is 16.2. The summed E-state index contributed by atoms with van der Waals surface area (Å²) < 4.78 is 19.0. The molecule has 252 valence electrons. The maximum absolute atomic E-state index is 13.1. The number of aliphatic hydroxyl groups excluding tert-OH is 1. The highest BCUT2D eigenvalue weighted by molar-refractivity contribution is 6.05. The molecule has 0 spiro atoms. The summed E-state index contributed by atoms with van der Waals surface area (Å²) in [4.78, 5) is 52.8. The van der Waals surface area contributed by atoms with E-state index in [1.165, 1.54) is 4.90 Å². The average Bonchev–Trinajstić information content (AvgIpc) is 3.78. The number of piperidine rings is 1. The van der Waals surface area contributed by atoms with Gasteiger partial charge in [0.15, 0.2) is 0 Å². The zero-order valence-electron chi connectivity index (χ0n) is 26.2. The van der Waals surface area contributed by atoms with E-state index in [2.05, 4.69) is 26.0 Å². The monoisotopic (exact) mass is 653 g/mol. The van der Waals surface area contributed by atoms with Crippen LogP contribution in [0.25, 0.3) is 0 Å². The second-order valence-electron chi connectivity index (χ2n) is 11.2. The molecule has 1 saturated heterocycles. The van der Waals surface area contributed by atoms with Crippen LogP contribution in [0, 0.1) is 0 Å². The lowest BCUT2D eigenvalue weighted by molar-refractivity contribution is -0.137. The summed E-state index contributed by atoms with van der Waals surface area (Å²) in [6, 6.07) is 4.63. The Morgan fingerprint density at radius 3 is 2.66 bits per heavy atom. The van der Waals surface area contributed by atoms with Crippen LogP contribution < -0.4 is 10.6 Å². The SMILES string of the molecule is CN(Cc1cnn(Cc2cn(CCOCCOCCOCO)nn2)c1)C(=O)CNc1ccc2c(c1)C(=O)N(C1CCC(=O)NC1=O)C2. The van der Waals surface area contributed by atoms with E-state index >= 15 is 0 Å². The summed E-state index contributed by atoms with van der Waals surface area (Å²) in [6.07, 6.45) is 5.88. The molecule has 1 unspecified atom stereocenters. The predicted octanol–water partition coefficient (Wildman–Crippen LogP) is -0.646. The van der Waals surface area contributed by atoms with E-state index in [0.29, 0.717) is 76.9 Å². The van der Waals surface area contributed by atoms with Crippen LogP contribution in [0.3, 0.4) is 0 Å². The topological polar surface area (TPSA) is 195 Å². The third kappa shape index (κ3) is 9.19. The molecule has 17 heteroatoms. The number of imide groups is 1. The molecule has 47 heavy (non-hydrogen) atoms. The fraction of sp³-hybridized carbons (Fsp3) is 0.500. The number of aliphatic hydroxyl groups is 1. The van der Waals surface area contributed by atoms with Gasteiger partial charge in [-0.1, -0.05) is 11.3 Å². The summed E-state index contributed by atoms with van der Waals surface area (Å²) in [6.45, 7) is 3.36. The van der Waals surface area contributed by atoms with Crippen molar-refractivity contribution in [3.05, 3.63) is 59.2 Å². The smallest absolute Gasteiger partial charge is 0.255 e. The lowest BCUT2D eigenvalue weighted by atomic mass is 10.0. The van der Waals surface area contributed by atoms with Crippen molar-refractivity contribution in [2.45, 2.75) is 45.1 Å². The molecule has 2 aromatic heterocycles. The molecule has 0 saturated carbocycles. The third-order valence-corrected chi connectivity index (χ3v) is 7.71. The van der Waals surface area contributed by atoms with Gasteiger partial charge in [-0.2, -0.15) is 5.10 Å². The third-order valence-electron chi connectivity index (χ3n) is 7.71. The Morgan fingerprint density at radius 2 is 1.87 bits per heavy atom. The highest BCUT2D eigenvalue weighted by Gasteiger charge is 2.39. The van der Waals surface area contributed by atoms with Crippen LogP contribution in [-0.2, 0) is 54.8 Å². The lowest BCUT2D eigenvalue weighted by Gasteiger charge is -2.29. The number of carbonyl (C=O) groups is 4. The number of fused-ring (bicyclic) bond motifs is 1. The highest BCUT2D eigenvalue weighted by atomic mass is 16.6. The van der Waals surface area contributed by atoms with Crippen LogP contribution in [0.1, 0.15) is 40.0 Å². The van der Waals surface area contributed by atoms with Gasteiger partial charge in [-0.05, 0) is 24.1 Å². The Balaban J connectivity index is 1.02. The van der Waals surface area contributed by atoms with Crippen molar-refractivity contribution in [1.82, 2.24) is 39.9 Å². The van der Waals surface area contributed by atoms with E-state index in [0.717, 1.165) is 16.8 Å². The fourth-order valence-corrected chi connectivity index (χ4v) is 5.26. The number of nitrogens with one attached hydrogen (secondary N) is 2. The minimum Gasteiger partial charge on any atom is -0.377 e. The van der Waals surface area contributed by atoms with Gasteiger partial charge in [0.1, 0.15) is 18.5 Å². The Kier molecular flexibility index (Phi) is 11.6. The summed E-state index contributed by atoms with van der Waals surface area (Å²) in [5.41, 5.74) is 3.47. The van der Waals surface area contributed by atoms with Crippen molar-refractivity contribution in [3.63, 3.8) is 0 Å². The minimum absolute atomic E-state index is 0.0217. The molecular formula is C30H39N9O8. The first-order valence-corrected chi connectivity index (χ1v) is 15.3. The molecule has 17 nitrogen and oxygen atoms in total. The Labute approximate surface area is 270 Å². The van der Waals surface area contributed by atoms with Crippen molar-refractivity contribution in [1.29, 1.82) is 0 Å². The van der Waals surface area contributed by atoms with Gasteiger partial charge in [-0.3, -0.25) is 29.2 Å². The number of hydrogen-bond donors (Lipinski definition) is 3. The number of anilines is 1. The molecule has 1 aromatic carbocycles. The second-order valence-corrected chi connectivity index (χ2v) is 11.2. The first kappa shape index (κ1) is 33.6. The number of rotatable bonds is 18. The van der Waals surface area contributed by atoms with E-state index in [1.807, 2.05) is 18.5 Å². The molecule has 1 fully saturated rings. The van der Waals surface area contributed by atoms with Crippen LogP contribution >= 0.6 is 0 Å². The molecule has 0 radical (unpaired) electrons. The molecule has 0 aliphatic carbocycles. The number of amides is 4. The van der Waals surface area contributed by atoms with Crippen LogP contribution in [0.15, 0.2) is 36.8 Å². The van der Waals surface area contributed by atoms with Gasteiger partial charge >= 0.3 is 0 Å². The predicted molar refractivity (Wildman–Crippen MR) is 163 cm³/mol. The maximum Gasteiger partial charge on any atom is 0.255 e. The summed E-state index contributed by atoms with van der Waals surface area (Å²) >= 11 is 0. The van der Waals surface area contributed by atoms with Gasteiger partial charge in [0.05, 0.1) is 65.1 Å². The van der Waals surface area contributed by atoms with Crippen LogP contribution in [0.4, 0.5) is 5.69 Å². The van der Waals surface area contributed by atoms with E-state index in [1.54, 1.807) is 39.6 Å². The van der Waals surface area contributed by atoms with Gasteiger partial charge in [0.2, 0.25) is 17.7 Å².